The Balaban J connectivity index is 1.91. The Morgan fingerprint density at radius 2 is 0.900 bits per heavy atom. The van der Waals surface area contributed by atoms with Crippen molar-refractivity contribution < 1.29 is 0 Å². The standard InChI is InChI=1S/C16H10B2N2/c17-13-5-1-11(2-6-13)15-9-20-16(10-19-15)12-3-7-14(18)8-4-12/h1-10H. The molecule has 0 aliphatic carbocycles. The Kier molecular flexibility index (Phi) is 3.38. The number of rotatable bonds is 2. The fourth-order valence-corrected chi connectivity index (χ4v) is 1.93. The Morgan fingerprint density at radius 1 is 0.550 bits per heavy atom. The molecule has 0 unspecified atom stereocenters. The van der Waals surface area contributed by atoms with Crippen LogP contribution in [0, 0.1) is 0 Å². The van der Waals surface area contributed by atoms with Crippen molar-refractivity contribution in [2.45, 2.75) is 0 Å². The Labute approximate surface area is 120 Å². The lowest BCUT2D eigenvalue weighted by atomic mass is 9.94. The van der Waals surface area contributed by atoms with Gasteiger partial charge in [-0.05, 0) is 0 Å². The first-order valence-electron chi connectivity index (χ1n) is 6.26. The minimum atomic E-state index is 0.736. The minimum Gasteiger partial charge on any atom is -0.252 e. The third kappa shape index (κ3) is 2.64. The highest BCUT2D eigenvalue weighted by Gasteiger charge is 2.02. The van der Waals surface area contributed by atoms with Gasteiger partial charge in [-0.2, -0.15) is 0 Å². The van der Waals surface area contributed by atoms with E-state index in [-0.39, 0.29) is 0 Å². The van der Waals surface area contributed by atoms with Crippen molar-refractivity contribution in [2.75, 3.05) is 0 Å². The highest BCUT2D eigenvalue weighted by atomic mass is 14.8. The van der Waals surface area contributed by atoms with Gasteiger partial charge in [0.05, 0.1) is 23.8 Å². The zero-order valence-corrected chi connectivity index (χ0v) is 10.8. The van der Waals surface area contributed by atoms with Gasteiger partial charge in [-0.25, -0.2) is 0 Å². The first kappa shape index (κ1) is 12.7. The summed E-state index contributed by atoms with van der Waals surface area (Å²) < 4.78 is 0. The second-order valence-corrected chi connectivity index (χ2v) is 4.53. The third-order valence-electron chi connectivity index (χ3n) is 3.06. The third-order valence-corrected chi connectivity index (χ3v) is 3.06. The molecule has 3 aromatic rings. The smallest absolute Gasteiger partial charge is 0.113 e. The molecular weight excluding hydrogens is 242 g/mol. The highest BCUT2D eigenvalue weighted by molar-refractivity contribution is 6.32. The van der Waals surface area contributed by atoms with E-state index in [4.69, 9.17) is 15.7 Å². The maximum absolute atomic E-state index is 5.67. The van der Waals surface area contributed by atoms with Gasteiger partial charge >= 0.3 is 0 Å². The van der Waals surface area contributed by atoms with Gasteiger partial charge in [0.15, 0.2) is 0 Å². The maximum Gasteiger partial charge on any atom is 0.113 e. The largest absolute Gasteiger partial charge is 0.252 e. The van der Waals surface area contributed by atoms with Crippen LogP contribution in [0.3, 0.4) is 0 Å². The van der Waals surface area contributed by atoms with Crippen LogP contribution < -0.4 is 10.9 Å². The van der Waals surface area contributed by atoms with E-state index >= 15 is 0 Å². The van der Waals surface area contributed by atoms with E-state index in [0.29, 0.717) is 0 Å². The molecule has 3 rings (SSSR count). The van der Waals surface area contributed by atoms with Crippen LogP contribution in [0.4, 0.5) is 0 Å². The van der Waals surface area contributed by atoms with Crippen LogP contribution >= 0.6 is 0 Å². The molecule has 0 aliphatic heterocycles. The predicted molar refractivity (Wildman–Crippen MR) is 83.7 cm³/mol. The van der Waals surface area contributed by atoms with Crippen molar-refractivity contribution in [1.29, 1.82) is 0 Å². The normalized spacial score (nSPS) is 10.4. The van der Waals surface area contributed by atoms with E-state index < -0.39 is 0 Å². The molecule has 20 heavy (non-hydrogen) atoms. The number of aromatic nitrogens is 2. The molecule has 2 nitrogen and oxygen atoms in total. The van der Waals surface area contributed by atoms with Gasteiger partial charge < -0.3 is 0 Å². The molecule has 0 fully saturated rings. The van der Waals surface area contributed by atoms with Gasteiger partial charge in [-0.1, -0.05) is 59.5 Å². The fourth-order valence-electron chi connectivity index (χ4n) is 1.93. The van der Waals surface area contributed by atoms with Crippen LogP contribution in [0.15, 0.2) is 60.9 Å². The van der Waals surface area contributed by atoms with Gasteiger partial charge in [-0.15, -0.1) is 0 Å². The lowest BCUT2D eigenvalue weighted by molar-refractivity contribution is 1.21. The number of hydrogen-bond donors (Lipinski definition) is 0. The second-order valence-electron chi connectivity index (χ2n) is 4.53. The molecular formula is C16H10B2N2. The lowest BCUT2D eigenvalue weighted by Crippen LogP contribution is -2.00. The summed E-state index contributed by atoms with van der Waals surface area (Å²) in [7, 11) is 11.3. The quantitative estimate of drug-likeness (QED) is 0.644. The van der Waals surface area contributed by atoms with E-state index in [1.54, 1.807) is 12.4 Å². The lowest BCUT2D eigenvalue weighted by Gasteiger charge is -2.04. The molecule has 0 N–H and O–H groups in total. The summed E-state index contributed by atoms with van der Waals surface area (Å²) >= 11 is 0. The van der Waals surface area contributed by atoms with Crippen molar-refractivity contribution >= 4 is 26.6 Å². The summed E-state index contributed by atoms with van der Waals surface area (Å²) in [5.74, 6) is 0. The predicted octanol–water partition coefficient (Wildman–Crippen LogP) is 1.40. The van der Waals surface area contributed by atoms with Crippen LogP contribution in [0.5, 0.6) is 0 Å². The molecule has 0 bridgehead atoms. The van der Waals surface area contributed by atoms with Crippen LogP contribution in [-0.4, -0.2) is 25.7 Å². The van der Waals surface area contributed by atoms with Crippen molar-refractivity contribution in [3.63, 3.8) is 0 Å². The Hall–Kier alpha value is -2.35. The van der Waals surface area contributed by atoms with Gasteiger partial charge in [-0.3, -0.25) is 9.97 Å². The van der Waals surface area contributed by atoms with Gasteiger partial charge in [0, 0.05) is 11.1 Å². The van der Waals surface area contributed by atoms with Crippen molar-refractivity contribution in [3.8, 4) is 22.5 Å². The monoisotopic (exact) mass is 252 g/mol. The van der Waals surface area contributed by atoms with Crippen LogP contribution in [0.25, 0.3) is 22.5 Å². The van der Waals surface area contributed by atoms with E-state index in [1.165, 1.54) is 0 Å². The van der Waals surface area contributed by atoms with E-state index in [9.17, 15) is 0 Å². The van der Waals surface area contributed by atoms with Crippen LogP contribution in [0.1, 0.15) is 0 Å². The first-order valence-corrected chi connectivity index (χ1v) is 6.26. The SMILES string of the molecule is [B]c1ccc(-c2cnc(-c3ccc([B])cc3)cn2)cc1. The maximum atomic E-state index is 5.67. The van der Waals surface area contributed by atoms with Crippen LogP contribution in [-0.2, 0) is 0 Å². The molecule has 1 heterocycles. The van der Waals surface area contributed by atoms with Crippen LogP contribution in [0.2, 0.25) is 0 Å². The average Bonchev–Trinajstić information content (AvgIpc) is 2.49. The van der Waals surface area contributed by atoms with Gasteiger partial charge in [0.25, 0.3) is 0 Å². The van der Waals surface area contributed by atoms with E-state index in [0.717, 1.165) is 33.4 Å². The van der Waals surface area contributed by atoms with Crippen molar-refractivity contribution in [1.82, 2.24) is 9.97 Å². The second kappa shape index (κ2) is 5.33. The zero-order valence-electron chi connectivity index (χ0n) is 10.8. The average molecular weight is 252 g/mol. The summed E-state index contributed by atoms with van der Waals surface area (Å²) in [6, 6.07) is 15.1. The zero-order chi connectivity index (χ0) is 13.9. The van der Waals surface area contributed by atoms with E-state index in [1.807, 2.05) is 48.5 Å². The summed E-state index contributed by atoms with van der Waals surface area (Å²) in [6.07, 6.45) is 3.52. The Morgan fingerprint density at radius 3 is 1.20 bits per heavy atom. The van der Waals surface area contributed by atoms with Crippen molar-refractivity contribution in [2.24, 2.45) is 0 Å². The number of nitrogens with zero attached hydrogens (tertiary/aromatic N) is 2. The molecule has 2 aromatic carbocycles. The molecule has 90 valence electrons. The van der Waals surface area contributed by atoms with Gasteiger partial charge in [0.1, 0.15) is 15.7 Å². The van der Waals surface area contributed by atoms with E-state index in [2.05, 4.69) is 9.97 Å². The van der Waals surface area contributed by atoms with Crippen molar-refractivity contribution in [3.05, 3.63) is 60.9 Å². The topological polar surface area (TPSA) is 25.8 Å². The number of benzene rings is 2. The summed E-state index contributed by atoms with van der Waals surface area (Å²) in [4.78, 5) is 8.89. The molecule has 0 saturated carbocycles. The molecule has 4 heteroatoms. The molecule has 1 aromatic heterocycles. The minimum absolute atomic E-state index is 0.736. The summed E-state index contributed by atoms with van der Waals surface area (Å²) in [5, 5.41) is 0. The summed E-state index contributed by atoms with van der Waals surface area (Å²) in [5.41, 5.74) is 5.11. The fraction of sp³-hybridized carbons (Fsp3) is 0. The number of hydrogen-bond acceptors (Lipinski definition) is 2. The highest BCUT2D eigenvalue weighted by Crippen LogP contribution is 2.18. The molecule has 0 aliphatic rings. The summed E-state index contributed by atoms with van der Waals surface area (Å²) in [6.45, 7) is 0. The first-order chi connectivity index (χ1) is 9.72. The molecule has 4 radical (unpaired) electrons. The molecule has 0 atom stereocenters. The van der Waals surface area contributed by atoms with Gasteiger partial charge in [0.2, 0.25) is 0 Å². The Bertz CT molecular complexity index is 640. The molecule has 0 spiro atoms. The molecule has 0 saturated heterocycles. The molecule has 0 amide bonds.